The molecule has 12 aromatic carbocycles. The van der Waals surface area contributed by atoms with E-state index in [9.17, 15) is 0 Å². The summed E-state index contributed by atoms with van der Waals surface area (Å²) in [4.78, 5) is 0. The van der Waals surface area contributed by atoms with E-state index in [1.807, 2.05) is 0 Å². The van der Waals surface area contributed by atoms with Crippen LogP contribution in [0.1, 0.15) is 220 Å². The van der Waals surface area contributed by atoms with Gasteiger partial charge in [0.2, 0.25) is 0 Å². The number of hydrogen-bond donors (Lipinski definition) is 0. The number of para-hydroxylation sites is 5. The Morgan fingerprint density at radius 3 is 0.583 bits per heavy atom. The van der Waals surface area contributed by atoms with Crippen LogP contribution >= 0.6 is 0 Å². The Bertz CT molecular complexity index is 6640. The number of rotatable bonds is 18. The molecule has 10 nitrogen and oxygen atoms in total. The van der Waals surface area contributed by atoms with Crippen LogP contribution in [0.4, 0.5) is 0 Å². The standard InChI is InChI=1S/C29H33N2.C25H25N2.2C24H31N2.C20H23N2/c1-20(2)24-17-12-18-25(21(3)4)28(24)31-19-27(26-16-11-10-13-22(26)5)30(6)29(31)23-14-8-7-9-15-23;1-18-11-8-9-16-22(18)23-17-27(24-19(2)12-10-13-20(24)3)25(26(23)4)21-14-6-5-7-15-21;2*1-16(2)20-13-10-14-21(17(3)4)24(20)26-15-23(25(7)19(26)6)22-12-9-8-11-18(22)5;1-14-9-6-7-12-18(14)19-13-22(17(4)21(19)5)20-15(2)10-8-11-16(20)3/h7-21H,1-6H3;5-17H,1-4H3;2*8-17H,1-7H3;6-13H,1-5H3/q5*+1. The predicted molar refractivity (Wildman–Crippen MR) is 554 cm³/mol. The maximum absolute atomic E-state index is 2.43. The van der Waals surface area contributed by atoms with Crippen LogP contribution in [0.15, 0.2) is 304 Å². The van der Waals surface area contributed by atoms with Crippen LogP contribution < -0.4 is 22.8 Å². The molecule has 0 saturated carbocycles. The van der Waals surface area contributed by atoms with Crippen LogP contribution in [0.25, 0.3) is 107 Å². The molecule has 0 aliphatic carbocycles. The lowest BCUT2D eigenvalue weighted by Gasteiger charge is -2.17. The third kappa shape index (κ3) is 20.0. The highest BCUT2D eigenvalue weighted by atomic mass is 15.2. The number of imidazole rings is 5. The topological polar surface area (TPSA) is 44.0 Å². The largest absolute Gasteiger partial charge is 0.294 e. The van der Waals surface area contributed by atoms with Gasteiger partial charge in [-0.3, -0.25) is 0 Å². The first-order chi connectivity index (χ1) is 63.1. The van der Waals surface area contributed by atoms with Crippen molar-refractivity contribution in [3.8, 4) is 107 Å². The molecule has 0 aliphatic heterocycles. The normalized spacial score (nSPS) is 11.3. The van der Waals surface area contributed by atoms with Crippen molar-refractivity contribution in [2.75, 3.05) is 0 Å². The number of benzene rings is 12. The van der Waals surface area contributed by atoms with E-state index in [4.69, 9.17) is 0 Å². The molecule has 0 radical (unpaired) electrons. The van der Waals surface area contributed by atoms with Crippen molar-refractivity contribution >= 4 is 0 Å². The summed E-state index contributed by atoms with van der Waals surface area (Å²) in [5, 5.41) is 0. The number of aryl methyl sites for hydroxylation is 9. The zero-order valence-corrected chi connectivity index (χ0v) is 84.3. The molecule has 17 aromatic rings. The van der Waals surface area contributed by atoms with Gasteiger partial charge in [0.05, 0.1) is 46.4 Å². The summed E-state index contributed by atoms with van der Waals surface area (Å²) >= 11 is 0. The molecule has 0 N–H and O–H groups in total. The fraction of sp³-hybridized carbons (Fsp3) is 0.287. The molecule has 132 heavy (non-hydrogen) atoms. The fourth-order valence-corrected chi connectivity index (χ4v) is 19.2. The first-order valence-electron chi connectivity index (χ1n) is 47.5. The molecule has 0 spiro atoms. The van der Waals surface area contributed by atoms with Gasteiger partial charge in [-0.2, -0.15) is 22.8 Å². The highest BCUT2D eigenvalue weighted by Crippen LogP contribution is 2.38. The van der Waals surface area contributed by atoms with E-state index in [1.165, 1.54) is 208 Å². The quantitative estimate of drug-likeness (QED) is 0.0769. The van der Waals surface area contributed by atoms with E-state index in [1.54, 1.807) is 0 Å². The Labute approximate surface area is 789 Å². The predicted octanol–water partition coefficient (Wildman–Crippen LogP) is 28.6. The van der Waals surface area contributed by atoms with Crippen LogP contribution in [0.3, 0.4) is 0 Å². The van der Waals surface area contributed by atoms with E-state index in [-0.39, 0.29) is 0 Å². The molecule has 0 atom stereocenters. The molecule has 0 amide bonds. The molecule has 5 aromatic heterocycles. The first kappa shape index (κ1) is 96.3. The van der Waals surface area contributed by atoms with E-state index in [0.29, 0.717) is 35.5 Å². The lowest BCUT2D eigenvalue weighted by atomic mass is 9.92. The summed E-state index contributed by atoms with van der Waals surface area (Å²) in [6.45, 7) is 53.6. The minimum absolute atomic E-state index is 0.437. The average molecular weight is 1750 g/mol. The van der Waals surface area contributed by atoms with Crippen LogP contribution in [-0.4, -0.2) is 22.8 Å². The molecular formula is C122H143N10+5. The molecular weight excluding hydrogens is 1610 g/mol. The summed E-state index contributed by atoms with van der Waals surface area (Å²) in [6, 6.07) is 97.7. The van der Waals surface area contributed by atoms with Crippen LogP contribution in [0.2, 0.25) is 0 Å². The Morgan fingerprint density at radius 1 is 0.174 bits per heavy atom. The summed E-state index contributed by atoms with van der Waals surface area (Å²) < 4.78 is 23.4. The van der Waals surface area contributed by atoms with E-state index in [0.717, 1.165) is 0 Å². The zero-order valence-electron chi connectivity index (χ0n) is 84.3. The van der Waals surface area contributed by atoms with Crippen molar-refractivity contribution in [3.05, 3.63) is 405 Å². The van der Waals surface area contributed by atoms with Crippen LogP contribution in [0.5, 0.6) is 0 Å². The summed E-state index contributed by atoms with van der Waals surface area (Å²) in [6.07, 6.45) is 11.5. The Hall–Kier alpha value is -13.3. The van der Waals surface area contributed by atoms with Crippen LogP contribution in [-0.2, 0) is 35.2 Å². The number of hydrogen-bond acceptors (Lipinski definition) is 0. The minimum atomic E-state index is 0.437. The van der Waals surface area contributed by atoms with Gasteiger partial charge in [-0.05, 0) is 172 Å². The van der Waals surface area contributed by atoms with Gasteiger partial charge in [0.15, 0.2) is 28.5 Å². The Morgan fingerprint density at radius 2 is 0.348 bits per heavy atom. The molecule has 17 rings (SSSR count). The Kier molecular flexibility index (Phi) is 30.5. The molecule has 0 bridgehead atoms. The van der Waals surface area contributed by atoms with Crippen molar-refractivity contribution in [2.45, 2.75) is 202 Å². The van der Waals surface area contributed by atoms with Gasteiger partial charge in [-0.25, -0.2) is 22.8 Å². The van der Waals surface area contributed by atoms with E-state index in [2.05, 4.69) is 551 Å². The minimum Gasteiger partial charge on any atom is -0.230 e. The van der Waals surface area contributed by atoms with Crippen LogP contribution in [0, 0.1) is 83.1 Å². The molecule has 0 fully saturated rings. The van der Waals surface area contributed by atoms with Gasteiger partial charge < -0.3 is 0 Å². The van der Waals surface area contributed by atoms with Crippen molar-refractivity contribution in [1.82, 2.24) is 22.8 Å². The second-order valence-corrected chi connectivity index (χ2v) is 38.1. The molecule has 5 heterocycles. The maximum Gasteiger partial charge on any atom is 0.294 e. The average Bonchev–Trinajstić information content (AvgIpc) is 1.59. The summed E-state index contributed by atoms with van der Waals surface area (Å²) in [5.41, 5.74) is 41.7. The van der Waals surface area contributed by atoms with Crippen molar-refractivity contribution in [1.29, 1.82) is 0 Å². The summed E-state index contributed by atoms with van der Waals surface area (Å²) in [7, 11) is 10.8. The SMILES string of the molecule is Cc1ccccc1-c1c[n+](-c2c(C(C)C)cccc2C(C)C)c(-c2ccccc2)n1C.Cc1ccccc1-c1c[n+](-c2c(C(C)C)cccc2C(C)C)c(C)n1C.Cc1ccccc1-c1c[n+](-c2c(C(C)C)cccc2C(C)C)c(C)n1C.Cc1ccccc1-c1c[n+](-c2c(C)cccc2C)c(-c2ccccc2)n1C.Cc1ccccc1-c1c[n+](-c2c(C)cccc2C)c(C)n1C. The monoisotopic (exact) mass is 1750 g/mol. The van der Waals surface area contributed by atoms with E-state index < -0.39 is 0 Å². The third-order valence-electron chi connectivity index (χ3n) is 26.9. The van der Waals surface area contributed by atoms with Crippen molar-refractivity contribution < 1.29 is 22.8 Å². The molecule has 676 valence electrons. The maximum atomic E-state index is 2.43. The van der Waals surface area contributed by atoms with Crippen molar-refractivity contribution in [2.24, 2.45) is 35.2 Å². The van der Waals surface area contributed by atoms with Gasteiger partial charge >= 0.3 is 0 Å². The highest BCUT2D eigenvalue weighted by molar-refractivity contribution is 5.71. The highest BCUT2D eigenvalue weighted by Gasteiger charge is 2.34. The van der Waals surface area contributed by atoms with E-state index >= 15 is 0 Å². The molecule has 0 saturated heterocycles. The second kappa shape index (κ2) is 41.8. The zero-order chi connectivity index (χ0) is 95.0. The molecule has 10 heteroatoms. The van der Waals surface area contributed by atoms with Gasteiger partial charge in [-0.15, -0.1) is 0 Å². The smallest absolute Gasteiger partial charge is 0.230 e. The number of aromatic nitrogens is 10. The summed E-state index contributed by atoms with van der Waals surface area (Å²) in [5.74, 6) is 8.93. The lowest BCUT2D eigenvalue weighted by molar-refractivity contribution is -0.603. The van der Waals surface area contributed by atoms with Gasteiger partial charge in [-0.1, -0.05) is 332 Å². The van der Waals surface area contributed by atoms with Crippen molar-refractivity contribution in [3.63, 3.8) is 0 Å². The van der Waals surface area contributed by atoms with Gasteiger partial charge in [0.25, 0.3) is 29.1 Å². The first-order valence-corrected chi connectivity index (χ1v) is 47.5. The second-order valence-electron chi connectivity index (χ2n) is 38.1. The molecule has 0 unspecified atom stereocenters. The third-order valence-corrected chi connectivity index (χ3v) is 26.9. The Balaban J connectivity index is 0.000000141. The lowest BCUT2D eigenvalue weighted by Crippen LogP contribution is -2.35. The van der Waals surface area contributed by atoms with Gasteiger partial charge in [0.1, 0.15) is 59.4 Å². The molecule has 0 aliphatic rings. The number of nitrogens with zero attached hydrogens (tertiary/aromatic N) is 10. The van der Waals surface area contributed by atoms with Gasteiger partial charge in [0, 0.05) is 82.0 Å². The fourth-order valence-electron chi connectivity index (χ4n) is 19.2.